The van der Waals surface area contributed by atoms with Crippen LogP contribution in [0.3, 0.4) is 0 Å². The molecule has 7 heteroatoms. The summed E-state index contributed by atoms with van der Waals surface area (Å²) >= 11 is 5.99. The second kappa shape index (κ2) is 8.41. The molecule has 0 spiro atoms. The van der Waals surface area contributed by atoms with Crippen LogP contribution in [0.1, 0.15) is 20.7 Å². The molecule has 1 aliphatic heterocycles. The topological polar surface area (TPSA) is 61.9 Å². The van der Waals surface area contributed by atoms with Gasteiger partial charge < -0.3 is 19.9 Å². The minimum atomic E-state index is -0.297. The van der Waals surface area contributed by atoms with Crippen molar-refractivity contribution in [1.29, 1.82) is 0 Å². The van der Waals surface area contributed by atoms with Crippen LogP contribution in [0.4, 0.5) is 5.69 Å². The first kappa shape index (κ1) is 19.2. The highest BCUT2D eigenvalue weighted by atomic mass is 35.5. The van der Waals surface area contributed by atoms with Gasteiger partial charge in [0.2, 0.25) is 0 Å². The molecule has 1 saturated heterocycles. The maximum absolute atomic E-state index is 12.6. The molecule has 2 amide bonds. The number of halogens is 1. The Hall–Kier alpha value is -2.57. The molecular formula is C20H22ClN3O3. The van der Waals surface area contributed by atoms with Gasteiger partial charge in [0.15, 0.2) is 0 Å². The van der Waals surface area contributed by atoms with Gasteiger partial charge in [-0.25, -0.2) is 0 Å². The largest absolute Gasteiger partial charge is 0.495 e. The number of likely N-dealkylation sites (N-methyl/N-ethyl adjacent to an activating group) is 1. The predicted molar refractivity (Wildman–Crippen MR) is 106 cm³/mol. The Morgan fingerprint density at radius 3 is 2.26 bits per heavy atom. The van der Waals surface area contributed by atoms with Crippen LogP contribution in [-0.2, 0) is 0 Å². The molecule has 0 aliphatic carbocycles. The van der Waals surface area contributed by atoms with Crippen molar-refractivity contribution in [2.75, 3.05) is 45.7 Å². The first-order valence-corrected chi connectivity index (χ1v) is 9.08. The van der Waals surface area contributed by atoms with Crippen LogP contribution in [0.2, 0.25) is 5.02 Å². The second-order valence-electron chi connectivity index (χ2n) is 6.47. The Labute approximate surface area is 163 Å². The molecule has 0 unspecified atom stereocenters. The van der Waals surface area contributed by atoms with Gasteiger partial charge >= 0.3 is 0 Å². The van der Waals surface area contributed by atoms with Crippen LogP contribution in [0.15, 0.2) is 42.5 Å². The maximum Gasteiger partial charge on any atom is 0.255 e. The molecule has 1 heterocycles. The van der Waals surface area contributed by atoms with Crippen LogP contribution in [0.25, 0.3) is 0 Å². The highest BCUT2D eigenvalue weighted by Crippen LogP contribution is 2.28. The van der Waals surface area contributed by atoms with Crippen molar-refractivity contribution in [3.63, 3.8) is 0 Å². The van der Waals surface area contributed by atoms with E-state index in [1.54, 1.807) is 42.5 Å². The third kappa shape index (κ3) is 4.59. The zero-order valence-corrected chi connectivity index (χ0v) is 16.1. The zero-order chi connectivity index (χ0) is 19.4. The zero-order valence-electron chi connectivity index (χ0n) is 15.4. The summed E-state index contributed by atoms with van der Waals surface area (Å²) in [6, 6.07) is 11.7. The molecule has 6 nitrogen and oxygen atoms in total. The fourth-order valence-corrected chi connectivity index (χ4v) is 3.10. The molecule has 0 saturated carbocycles. The number of hydrogen-bond acceptors (Lipinski definition) is 4. The molecule has 142 valence electrons. The standard InChI is InChI=1S/C20H22ClN3O3/c1-23-9-11-24(12-10-23)20(26)15-5-3-14(4-6-15)19(25)22-17-13-16(21)7-8-18(17)27-2/h3-8,13H,9-12H2,1-2H3,(H,22,25). The lowest BCUT2D eigenvalue weighted by molar-refractivity contribution is 0.0664. The van der Waals surface area contributed by atoms with Crippen molar-refractivity contribution < 1.29 is 14.3 Å². The van der Waals surface area contributed by atoms with E-state index in [0.717, 1.165) is 13.1 Å². The number of rotatable bonds is 4. The van der Waals surface area contributed by atoms with E-state index in [1.165, 1.54) is 7.11 Å². The highest BCUT2D eigenvalue weighted by Gasteiger charge is 2.20. The average molecular weight is 388 g/mol. The average Bonchev–Trinajstić information content (AvgIpc) is 2.68. The molecule has 0 aromatic heterocycles. The molecular weight excluding hydrogens is 366 g/mol. The van der Waals surface area contributed by atoms with Crippen molar-refractivity contribution in [1.82, 2.24) is 9.80 Å². The smallest absolute Gasteiger partial charge is 0.255 e. The van der Waals surface area contributed by atoms with Gasteiger partial charge in [0.25, 0.3) is 11.8 Å². The third-order valence-electron chi connectivity index (χ3n) is 4.59. The fourth-order valence-electron chi connectivity index (χ4n) is 2.93. The van der Waals surface area contributed by atoms with E-state index in [0.29, 0.717) is 40.7 Å². The number of carbonyl (C=O) groups excluding carboxylic acids is 2. The number of hydrogen-bond donors (Lipinski definition) is 1. The molecule has 0 atom stereocenters. The summed E-state index contributed by atoms with van der Waals surface area (Å²) in [6.07, 6.45) is 0. The number of carbonyl (C=O) groups is 2. The Morgan fingerprint density at radius 2 is 1.63 bits per heavy atom. The van der Waals surface area contributed by atoms with Crippen molar-refractivity contribution in [3.05, 3.63) is 58.6 Å². The molecule has 1 fully saturated rings. The SMILES string of the molecule is COc1ccc(Cl)cc1NC(=O)c1ccc(C(=O)N2CCN(C)CC2)cc1. The van der Waals surface area contributed by atoms with Crippen molar-refractivity contribution >= 4 is 29.1 Å². The number of ether oxygens (including phenoxy) is 1. The summed E-state index contributed by atoms with van der Waals surface area (Å²) in [6.45, 7) is 3.17. The summed E-state index contributed by atoms with van der Waals surface area (Å²) in [5, 5.41) is 3.29. The van der Waals surface area contributed by atoms with E-state index in [1.807, 2.05) is 11.9 Å². The molecule has 2 aromatic carbocycles. The fraction of sp³-hybridized carbons (Fsp3) is 0.300. The van der Waals surface area contributed by atoms with Gasteiger partial charge in [0.05, 0.1) is 12.8 Å². The number of methoxy groups -OCH3 is 1. The van der Waals surface area contributed by atoms with Crippen molar-refractivity contribution in [3.8, 4) is 5.75 Å². The van der Waals surface area contributed by atoms with Gasteiger partial charge in [-0.2, -0.15) is 0 Å². The predicted octanol–water partition coefficient (Wildman–Crippen LogP) is 2.99. The minimum absolute atomic E-state index is 0.00781. The molecule has 27 heavy (non-hydrogen) atoms. The lowest BCUT2D eigenvalue weighted by Gasteiger charge is -2.32. The summed E-state index contributed by atoms with van der Waals surface area (Å²) in [4.78, 5) is 29.1. The Kier molecular flexibility index (Phi) is 5.98. The first-order chi connectivity index (χ1) is 13.0. The molecule has 3 rings (SSSR count). The number of amides is 2. The molecule has 2 aromatic rings. The van der Waals surface area contributed by atoms with Crippen LogP contribution >= 0.6 is 11.6 Å². The van der Waals surface area contributed by atoms with Gasteiger partial charge in [-0.05, 0) is 49.5 Å². The van der Waals surface area contributed by atoms with E-state index in [9.17, 15) is 9.59 Å². The minimum Gasteiger partial charge on any atom is -0.495 e. The summed E-state index contributed by atoms with van der Waals surface area (Å²) in [5.74, 6) is 0.218. The molecule has 0 bridgehead atoms. The summed E-state index contributed by atoms with van der Waals surface area (Å²) < 4.78 is 5.24. The number of nitrogens with one attached hydrogen (secondary N) is 1. The first-order valence-electron chi connectivity index (χ1n) is 8.70. The van der Waals surface area contributed by atoms with Gasteiger partial charge in [-0.15, -0.1) is 0 Å². The monoisotopic (exact) mass is 387 g/mol. The molecule has 1 aliphatic rings. The maximum atomic E-state index is 12.6. The summed E-state index contributed by atoms with van der Waals surface area (Å²) in [7, 11) is 3.57. The Bertz CT molecular complexity index is 831. The number of benzene rings is 2. The van der Waals surface area contributed by atoms with E-state index in [-0.39, 0.29) is 11.8 Å². The van der Waals surface area contributed by atoms with E-state index >= 15 is 0 Å². The highest BCUT2D eigenvalue weighted by molar-refractivity contribution is 6.31. The summed E-state index contributed by atoms with van der Waals surface area (Å²) in [5.41, 5.74) is 1.52. The van der Waals surface area contributed by atoms with Crippen molar-refractivity contribution in [2.45, 2.75) is 0 Å². The number of piperazine rings is 1. The lowest BCUT2D eigenvalue weighted by Crippen LogP contribution is -2.47. The van der Waals surface area contributed by atoms with Gasteiger partial charge in [-0.1, -0.05) is 11.6 Å². The quantitative estimate of drug-likeness (QED) is 0.876. The number of nitrogens with zero attached hydrogens (tertiary/aromatic N) is 2. The van der Waals surface area contributed by atoms with Crippen LogP contribution in [0.5, 0.6) is 5.75 Å². The van der Waals surface area contributed by atoms with E-state index in [2.05, 4.69) is 10.2 Å². The van der Waals surface area contributed by atoms with Gasteiger partial charge in [0.1, 0.15) is 5.75 Å². The Balaban J connectivity index is 1.69. The molecule has 1 N–H and O–H groups in total. The van der Waals surface area contributed by atoms with Gasteiger partial charge in [-0.3, -0.25) is 9.59 Å². The van der Waals surface area contributed by atoms with E-state index < -0.39 is 0 Å². The van der Waals surface area contributed by atoms with Crippen molar-refractivity contribution in [2.24, 2.45) is 0 Å². The van der Waals surface area contributed by atoms with Gasteiger partial charge in [0, 0.05) is 42.3 Å². The van der Waals surface area contributed by atoms with Crippen LogP contribution in [0, 0.1) is 0 Å². The van der Waals surface area contributed by atoms with Crippen LogP contribution in [-0.4, -0.2) is 62.0 Å². The van der Waals surface area contributed by atoms with E-state index in [4.69, 9.17) is 16.3 Å². The third-order valence-corrected chi connectivity index (χ3v) is 4.83. The number of anilines is 1. The lowest BCUT2D eigenvalue weighted by atomic mass is 10.1. The Morgan fingerprint density at radius 1 is 1.00 bits per heavy atom. The van der Waals surface area contributed by atoms with Crippen LogP contribution < -0.4 is 10.1 Å². The normalized spacial score (nSPS) is 14.7. The molecule has 0 radical (unpaired) electrons. The second-order valence-corrected chi connectivity index (χ2v) is 6.91.